The van der Waals surface area contributed by atoms with Gasteiger partial charge in [0.25, 0.3) is 0 Å². The third kappa shape index (κ3) is 4.41. The zero-order valence-corrected chi connectivity index (χ0v) is 13.5. The van der Waals surface area contributed by atoms with Crippen LogP contribution in [0.1, 0.15) is 50.0 Å². The van der Waals surface area contributed by atoms with Crippen molar-refractivity contribution >= 4 is 5.91 Å². The number of aromatic nitrogens is 2. The van der Waals surface area contributed by atoms with Crippen LogP contribution >= 0.6 is 0 Å². The minimum atomic E-state index is 0.0761. The molecule has 0 aliphatic heterocycles. The van der Waals surface area contributed by atoms with Gasteiger partial charge in [0.05, 0.1) is 0 Å². The summed E-state index contributed by atoms with van der Waals surface area (Å²) in [5.74, 6) is 1.10. The fourth-order valence-electron chi connectivity index (χ4n) is 3.02. The molecule has 1 aliphatic rings. The zero-order valence-electron chi connectivity index (χ0n) is 13.5. The number of carbonyl (C=O) groups is 1. The number of aryl methyl sites for hydroxylation is 2. The molecule has 23 heavy (non-hydrogen) atoms. The van der Waals surface area contributed by atoms with Crippen molar-refractivity contribution in [3.05, 3.63) is 35.7 Å². The van der Waals surface area contributed by atoms with Gasteiger partial charge < -0.3 is 9.73 Å². The van der Waals surface area contributed by atoms with Crippen molar-refractivity contribution < 1.29 is 9.21 Å². The molecule has 1 aromatic carbocycles. The average Bonchev–Trinajstić information content (AvgIpc) is 3.03. The first-order valence-electron chi connectivity index (χ1n) is 8.39. The lowest BCUT2D eigenvalue weighted by Gasteiger charge is -2.22. The normalized spacial score (nSPS) is 15.5. The summed E-state index contributed by atoms with van der Waals surface area (Å²) in [5.41, 5.74) is 2.06. The Hall–Kier alpha value is -2.17. The number of benzene rings is 1. The maximum Gasteiger partial charge on any atom is 0.247 e. The third-order valence-corrected chi connectivity index (χ3v) is 4.27. The lowest BCUT2D eigenvalue weighted by Crippen LogP contribution is -2.36. The molecular formula is C18H23N3O2. The first kappa shape index (κ1) is 15.7. The molecule has 5 nitrogen and oxygen atoms in total. The van der Waals surface area contributed by atoms with E-state index in [2.05, 4.69) is 15.5 Å². The van der Waals surface area contributed by atoms with Crippen LogP contribution in [0.15, 0.2) is 28.7 Å². The summed E-state index contributed by atoms with van der Waals surface area (Å²) in [6, 6.07) is 8.29. The lowest BCUT2D eigenvalue weighted by molar-refractivity contribution is -0.122. The Balaban J connectivity index is 1.52. The van der Waals surface area contributed by atoms with Gasteiger partial charge >= 0.3 is 0 Å². The molecule has 122 valence electrons. The van der Waals surface area contributed by atoms with Crippen LogP contribution in [0.25, 0.3) is 11.5 Å². The Morgan fingerprint density at radius 3 is 2.87 bits per heavy atom. The molecule has 1 amide bonds. The second kappa shape index (κ2) is 7.40. The molecule has 1 heterocycles. The van der Waals surface area contributed by atoms with Crippen molar-refractivity contribution in [3.63, 3.8) is 0 Å². The first-order chi connectivity index (χ1) is 11.2. The summed E-state index contributed by atoms with van der Waals surface area (Å²) in [6.07, 6.45) is 6.80. The van der Waals surface area contributed by atoms with Gasteiger partial charge in [-0.05, 0) is 31.9 Å². The molecule has 0 bridgehead atoms. The fraction of sp³-hybridized carbons (Fsp3) is 0.500. The lowest BCUT2D eigenvalue weighted by atomic mass is 9.95. The number of amides is 1. The highest BCUT2D eigenvalue weighted by Gasteiger charge is 2.16. The molecule has 2 aromatic rings. The van der Waals surface area contributed by atoms with E-state index in [1.165, 1.54) is 19.3 Å². The molecule has 1 aliphatic carbocycles. The van der Waals surface area contributed by atoms with Crippen molar-refractivity contribution in [1.29, 1.82) is 0 Å². The van der Waals surface area contributed by atoms with E-state index in [9.17, 15) is 4.79 Å². The quantitative estimate of drug-likeness (QED) is 0.918. The van der Waals surface area contributed by atoms with Gasteiger partial charge in [-0.15, -0.1) is 10.2 Å². The van der Waals surface area contributed by atoms with Crippen molar-refractivity contribution in [1.82, 2.24) is 15.5 Å². The van der Waals surface area contributed by atoms with E-state index < -0.39 is 0 Å². The third-order valence-electron chi connectivity index (χ3n) is 4.27. The average molecular weight is 313 g/mol. The van der Waals surface area contributed by atoms with Gasteiger partial charge in [-0.1, -0.05) is 37.0 Å². The van der Waals surface area contributed by atoms with Crippen LogP contribution in [-0.2, 0) is 11.2 Å². The van der Waals surface area contributed by atoms with Crippen LogP contribution in [0.3, 0.4) is 0 Å². The van der Waals surface area contributed by atoms with Crippen molar-refractivity contribution in [2.75, 3.05) is 0 Å². The van der Waals surface area contributed by atoms with Crippen molar-refractivity contribution in [2.24, 2.45) is 0 Å². The molecular weight excluding hydrogens is 290 g/mol. The van der Waals surface area contributed by atoms with Crippen LogP contribution < -0.4 is 5.32 Å². The maximum atomic E-state index is 12.0. The van der Waals surface area contributed by atoms with Gasteiger partial charge in [0, 0.05) is 24.4 Å². The molecule has 0 radical (unpaired) electrons. The van der Waals surface area contributed by atoms with Gasteiger partial charge in [-0.3, -0.25) is 4.79 Å². The maximum absolute atomic E-state index is 12.0. The minimum absolute atomic E-state index is 0.0761. The number of hydrogen-bond acceptors (Lipinski definition) is 4. The van der Waals surface area contributed by atoms with Crippen molar-refractivity contribution in [3.8, 4) is 11.5 Å². The second-order valence-electron chi connectivity index (χ2n) is 6.27. The summed E-state index contributed by atoms with van der Waals surface area (Å²) in [5, 5.41) is 11.2. The molecule has 1 N–H and O–H groups in total. The molecule has 0 saturated heterocycles. The standard InChI is InChI=1S/C18H23N3O2/c1-13-6-5-7-14(12-13)18-21-20-17(23-18)11-10-16(22)19-15-8-3-2-4-9-15/h5-7,12,15H,2-4,8-11H2,1H3,(H,19,22). The van der Waals surface area contributed by atoms with Crippen LogP contribution in [0.4, 0.5) is 0 Å². The Morgan fingerprint density at radius 2 is 2.09 bits per heavy atom. The molecule has 0 atom stereocenters. The van der Waals surface area contributed by atoms with Gasteiger partial charge in [-0.2, -0.15) is 0 Å². The van der Waals surface area contributed by atoms with E-state index in [1.807, 2.05) is 31.2 Å². The van der Waals surface area contributed by atoms with E-state index in [0.717, 1.165) is 24.0 Å². The molecule has 3 rings (SSSR count). The topological polar surface area (TPSA) is 68.0 Å². The highest BCUT2D eigenvalue weighted by atomic mass is 16.4. The molecule has 1 fully saturated rings. The first-order valence-corrected chi connectivity index (χ1v) is 8.39. The predicted octanol–water partition coefficient (Wildman–Crippen LogP) is 3.43. The highest BCUT2D eigenvalue weighted by Crippen LogP contribution is 2.20. The van der Waals surface area contributed by atoms with Crippen LogP contribution in [0.2, 0.25) is 0 Å². The Bertz CT molecular complexity index is 660. The van der Waals surface area contributed by atoms with Crippen molar-refractivity contribution in [2.45, 2.75) is 57.9 Å². The number of nitrogens with zero attached hydrogens (tertiary/aromatic N) is 2. The second-order valence-corrected chi connectivity index (χ2v) is 6.27. The number of hydrogen-bond donors (Lipinski definition) is 1. The van der Waals surface area contributed by atoms with E-state index in [0.29, 0.717) is 30.7 Å². The summed E-state index contributed by atoms with van der Waals surface area (Å²) < 4.78 is 5.66. The van der Waals surface area contributed by atoms with Gasteiger partial charge in [-0.25, -0.2) is 0 Å². The summed E-state index contributed by atoms with van der Waals surface area (Å²) in [7, 11) is 0. The highest BCUT2D eigenvalue weighted by molar-refractivity contribution is 5.76. The largest absolute Gasteiger partial charge is 0.421 e. The number of nitrogens with one attached hydrogen (secondary N) is 1. The van der Waals surface area contributed by atoms with Crippen LogP contribution in [0, 0.1) is 6.92 Å². The van der Waals surface area contributed by atoms with Gasteiger partial charge in [0.1, 0.15) is 0 Å². The van der Waals surface area contributed by atoms with E-state index >= 15 is 0 Å². The Morgan fingerprint density at radius 1 is 1.26 bits per heavy atom. The predicted molar refractivity (Wildman–Crippen MR) is 87.8 cm³/mol. The molecule has 0 spiro atoms. The van der Waals surface area contributed by atoms with E-state index in [4.69, 9.17) is 4.42 Å². The molecule has 0 unspecified atom stereocenters. The Kier molecular flexibility index (Phi) is 5.05. The van der Waals surface area contributed by atoms with Crippen LogP contribution in [-0.4, -0.2) is 22.1 Å². The Labute approximate surface area is 136 Å². The van der Waals surface area contributed by atoms with E-state index in [1.54, 1.807) is 0 Å². The van der Waals surface area contributed by atoms with E-state index in [-0.39, 0.29) is 5.91 Å². The summed E-state index contributed by atoms with van der Waals surface area (Å²) in [4.78, 5) is 12.0. The monoisotopic (exact) mass is 313 g/mol. The number of carbonyl (C=O) groups excluding carboxylic acids is 1. The smallest absolute Gasteiger partial charge is 0.247 e. The number of rotatable bonds is 5. The fourth-order valence-corrected chi connectivity index (χ4v) is 3.02. The van der Waals surface area contributed by atoms with Gasteiger partial charge in [0.2, 0.25) is 17.7 Å². The molecule has 1 saturated carbocycles. The summed E-state index contributed by atoms with van der Waals surface area (Å²) >= 11 is 0. The SMILES string of the molecule is Cc1cccc(-c2nnc(CCC(=O)NC3CCCCC3)o2)c1. The molecule has 5 heteroatoms. The molecule has 1 aromatic heterocycles. The minimum Gasteiger partial charge on any atom is -0.421 e. The van der Waals surface area contributed by atoms with Crippen LogP contribution in [0.5, 0.6) is 0 Å². The summed E-state index contributed by atoms with van der Waals surface area (Å²) in [6.45, 7) is 2.02. The van der Waals surface area contributed by atoms with Gasteiger partial charge in [0.15, 0.2) is 0 Å². The zero-order chi connectivity index (χ0) is 16.1.